The Morgan fingerprint density at radius 1 is 1.08 bits per heavy atom. The van der Waals surface area contributed by atoms with Crippen LogP contribution in [0.4, 0.5) is 4.79 Å². The van der Waals surface area contributed by atoms with Crippen LogP contribution in [-0.2, 0) is 4.74 Å². The van der Waals surface area contributed by atoms with Crippen LogP contribution >= 0.6 is 0 Å². The van der Waals surface area contributed by atoms with Crippen LogP contribution in [0.2, 0.25) is 0 Å². The number of urea groups is 1. The van der Waals surface area contributed by atoms with Crippen LogP contribution in [0.15, 0.2) is 60.7 Å². The molecule has 1 aliphatic rings. The summed E-state index contributed by atoms with van der Waals surface area (Å²) in [5.41, 5.74) is 2.54. The van der Waals surface area contributed by atoms with Crippen LogP contribution in [0, 0.1) is 0 Å². The molecule has 0 aliphatic carbocycles. The number of hydrogen-bond donors (Lipinski definition) is 2. The van der Waals surface area contributed by atoms with Gasteiger partial charge >= 0.3 is 6.03 Å². The molecule has 2 aromatic rings. The van der Waals surface area contributed by atoms with Gasteiger partial charge in [0.05, 0.1) is 12.1 Å². The summed E-state index contributed by atoms with van der Waals surface area (Å²) in [6.07, 6.45) is 3.09. The zero-order valence-corrected chi connectivity index (χ0v) is 15.4. The number of ether oxygens (including phenoxy) is 1. The molecule has 26 heavy (non-hydrogen) atoms. The fourth-order valence-electron chi connectivity index (χ4n) is 3.57. The van der Waals surface area contributed by atoms with Gasteiger partial charge in [-0.25, -0.2) is 4.79 Å². The normalized spacial score (nSPS) is 17.8. The van der Waals surface area contributed by atoms with Gasteiger partial charge in [0.1, 0.15) is 0 Å². The van der Waals surface area contributed by atoms with Gasteiger partial charge in [-0.15, -0.1) is 0 Å². The summed E-state index contributed by atoms with van der Waals surface area (Å²) < 4.78 is 5.63. The molecule has 4 nitrogen and oxygen atoms in total. The molecule has 2 aromatic carbocycles. The lowest BCUT2D eigenvalue weighted by Gasteiger charge is -2.21. The first kappa shape index (κ1) is 18.5. The molecule has 1 aliphatic heterocycles. The van der Waals surface area contributed by atoms with E-state index in [0.717, 1.165) is 25.9 Å². The summed E-state index contributed by atoms with van der Waals surface area (Å²) in [5, 5.41) is 6.00. The van der Waals surface area contributed by atoms with Gasteiger partial charge < -0.3 is 15.4 Å². The highest BCUT2D eigenvalue weighted by Gasteiger charge is 2.23. The van der Waals surface area contributed by atoms with Crippen LogP contribution in [0.3, 0.4) is 0 Å². The minimum atomic E-state index is -0.118. The van der Waals surface area contributed by atoms with Crippen molar-refractivity contribution >= 4 is 6.03 Å². The van der Waals surface area contributed by atoms with E-state index < -0.39 is 0 Å². The van der Waals surface area contributed by atoms with Gasteiger partial charge in [0.25, 0.3) is 0 Å². The van der Waals surface area contributed by atoms with E-state index in [9.17, 15) is 4.79 Å². The van der Waals surface area contributed by atoms with E-state index in [1.54, 1.807) is 0 Å². The van der Waals surface area contributed by atoms with E-state index in [0.29, 0.717) is 6.54 Å². The van der Waals surface area contributed by atoms with E-state index >= 15 is 0 Å². The van der Waals surface area contributed by atoms with Gasteiger partial charge in [0.15, 0.2) is 0 Å². The maximum absolute atomic E-state index is 12.2. The molecule has 1 fully saturated rings. The summed E-state index contributed by atoms with van der Waals surface area (Å²) >= 11 is 0. The Morgan fingerprint density at radius 2 is 1.69 bits per heavy atom. The molecule has 2 amide bonds. The number of carbonyl (C=O) groups excluding carboxylic acids is 1. The summed E-state index contributed by atoms with van der Waals surface area (Å²) in [4.78, 5) is 12.2. The number of hydrogen-bond acceptors (Lipinski definition) is 2. The predicted molar refractivity (Wildman–Crippen MR) is 104 cm³/mol. The minimum Gasteiger partial charge on any atom is -0.376 e. The van der Waals surface area contributed by atoms with E-state index in [1.165, 1.54) is 11.1 Å². The Morgan fingerprint density at radius 3 is 2.23 bits per heavy atom. The van der Waals surface area contributed by atoms with Crippen molar-refractivity contribution in [1.82, 2.24) is 10.6 Å². The molecule has 0 spiro atoms. The number of rotatable bonds is 7. The predicted octanol–water partition coefficient (Wildman–Crippen LogP) is 4.08. The fraction of sp³-hybridized carbons (Fsp3) is 0.409. The third kappa shape index (κ3) is 5.09. The van der Waals surface area contributed by atoms with Crippen molar-refractivity contribution in [2.75, 3.05) is 13.2 Å². The summed E-state index contributed by atoms with van der Waals surface area (Å²) in [5.74, 6) is 0.272. The zero-order chi connectivity index (χ0) is 18.2. The second-order valence-electron chi connectivity index (χ2n) is 6.90. The largest absolute Gasteiger partial charge is 0.376 e. The summed E-state index contributed by atoms with van der Waals surface area (Å²) in [7, 11) is 0. The van der Waals surface area contributed by atoms with Crippen LogP contribution < -0.4 is 10.6 Å². The number of amides is 2. The average molecular weight is 352 g/mol. The van der Waals surface area contributed by atoms with Crippen molar-refractivity contribution < 1.29 is 9.53 Å². The zero-order valence-electron chi connectivity index (χ0n) is 15.4. The minimum absolute atomic E-state index is 0.0385. The third-order valence-electron chi connectivity index (χ3n) is 5.00. The highest BCUT2D eigenvalue weighted by Crippen LogP contribution is 2.27. The molecule has 0 bridgehead atoms. The molecule has 0 radical (unpaired) electrons. The van der Waals surface area contributed by atoms with Gasteiger partial charge in [-0.1, -0.05) is 60.7 Å². The standard InChI is InChI=1S/C22H28N2O2/c1-17(21-13-8-16-26-21)24-22(25)23-15-14-20(18-9-4-2-5-10-18)19-11-6-3-7-12-19/h2-7,9-12,17,20-21H,8,13-16H2,1H3,(H2,23,24,25). The monoisotopic (exact) mass is 352 g/mol. The van der Waals surface area contributed by atoms with Gasteiger partial charge in [-0.05, 0) is 37.3 Å². The maximum atomic E-state index is 12.2. The van der Waals surface area contributed by atoms with Crippen molar-refractivity contribution in [1.29, 1.82) is 0 Å². The van der Waals surface area contributed by atoms with Crippen molar-refractivity contribution in [3.63, 3.8) is 0 Å². The summed E-state index contributed by atoms with van der Waals surface area (Å²) in [6.45, 7) is 3.43. The summed E-state index contributed by atoms with van der Waals surface area (Å²) in [6, 6.07) is 20.8. The van der Waals surface area contributed by atoms with Gasteiger partial charge in [-0.3, -0.25) is 0 Å². The maximum Gasteiger partial charge on any atom is 0.315 e. The fourth-order valence-corrected chi connectivity index (χ4v) is 3.57. The lowest BCUT2D eigenvalue weighted by molar-refractivity contribution is 0.0860. The molecule has 0 aromatic heterocycles. The molecule has 1 saturated heterocycles. The van der Waals surface area contributed by atoms with Crippen molar-refractivity contribution in [3.05, 3.63) is 71.8 Å². The number of carbonyl (C=O) groups is 1. The number of benzene rings is 2. The molecule has 2 N–H and O–H groups in total. The Balaban J connectivity index is 1.54. The molecule has 138 valence electrons. The van der Waals surface area contributed by atoms with Crippen molar-refractivity contribution in [3.8, 4) is 0 Å². The van der Waals surface area contributed by atoms with E-state index in [-0.39, 0.29) is 24.1 Å². The third-order valence-corrected chi connectivity index (χ3v) is 5.00. The SMILES string of the molecule is CC(NC(=O)NCCC(c1ccccc1)c1ccccc1)C1CCCO1. The van der Waals surface area contributed by atoms with Crippen LogP contribution in [0.5, 0.6) is 0 Å². The quantitative estimate of drug-likeness (QED) is 0.789. The van der Waals surface area contributed by atoms with E-state index in [1.807, 2.05) is 19.1 Å². The van der Waals surface area contributed by atoms with Gasteiger partial charge in [0.2, 0.25) is 0 Å². The molecular weight excluding hydrogens is 324 g/mol. The molecule has 2 unspecified atom stereocenters. The second kappa shape index (κ2) is 9.39. The van der Waals surface area contributed by atoms with Gasteiger partial charge in [-0.2, -0.15) is 0 Å². The van der Waals surface area contributed by atoms with Crippen molar-refractivity contribution in [2.45, 2.75) is 44.2 Å². The molecule has 2 atom stereocenters. The molecular formula is C22H28N2O2. The van der Waals surface area contributed by atoms with E-state index in [4.69, 9.17) is 4.74 Å². The second-order valence-corrected chi connectivity index (χ2v) is 6.90. The lowest BCUT2D eigenvalue weighted by atomic mass is 9.88. The average Bonchev–Trinajstić information content (AvgIpc) is 3.22. The van der Waals surface area contributed by atoms with Crippen LogP contribution in [0.1, 0.15) is 43.2 Å². The number of nitrogens with one attached hydrogen (secondary N) is 2. The first-order valence-electron chi connectivity index (χ1n) is 9.50. The van der Waals surface area contributed by atoms with Gasteiger partial charge in [0, 0.05) is 19.1 Å². The van der Waals surface area contributed by atoms with Crippen molar-refractivity contribution in [2.24, 2.45) is 0 Å². The Hall–Kier alpha value is -2.33. The highest BCUT2D eigenvalue weighted by atomic mass is 16.5. The Bertz CT molecular complexity index is 630. The Labute approximate surface area is 156 Å². The molecule has 4 heteroatoms. The first-order chi connectivity index (χ1) is 12.7. The molecule has 0 saturated carbocycles. The lowest BCUT2D eigenvalue weighted by Crippen LogP contribution is -2.46. The topological polar surface area (TPSA) is 50.4 Å². The first-order valence-corrected chi connectivity index (χ1v) is 9.50. The van der Waals surface area contributed by atoms with Crippen LogP contribution in [-0.4, -0.2) is 31.3 Å². The Kier molecular flexibility index (Phi) is 6.67. The van der Waals surface area contributed by atoms with Crippen LogP contribution in [0.25, 0.3) is 0 Å². The van der Waals surface area contributed by atoms with E-state index in [2.05, 4.69) is 59.2 Å². The molecule has 1 heterocycles. The smallest absolute Gasteiger partial charge is 0.315 e. The molecule has 3 rings (SSSR count). The highest BCUT2D eigenvalue weighted by molar-refractivity contribution is 5.74.